The predicted octanol–water partition coefficient (Wildman–Crippen LogP) is 3.15. The van der Waals surface area contributed by atoms with E-state index >= 15 is 0 Å². The van der Waals surface area contributed by atoms with Gasteiger partial charge in [-0.2, -0.15) is 0 Å². The van der Waals surface area contributed by atoms with Crippen LogP contribution < -0.4 is 0 Å². The second-order valence-corrected chi connectivity index (χ2v) is 7.49. The molecule has 1 saturated heterocycles. The number of likely N-dealkylation sites (N-methyl/N-ethyl adjacent to an activating group) is 1. The number of nitrogens with zero attached hydrogens (tertiary/aromatic N) is 3. The van der Waals surface area contributed by atoms with Crippen molar-refractivity contribution < 1.29 is 9.72 Å². The van der Waals surface area contributed by atoms with Crippen molar-refractivity contribution in [3.05, 3.63) is 75.5 Å². The Balaban J connectivity index is 1.73. The lowest BCUT2D eigenvalue weighted by Gasteiger charge is -2.37. The average Bonchev–Trinajstić information content (AvgIpc) is 3.18. The molecule has 3 heterocycles. The number of thiocarbonyl (C=S) groups is 1. The molecule has 2 aliphatic rings. The van der Waals surface area contributed by atoms with E-state index in [0.717, 1.165) is 27.7 Å². The topological polar surface area (TPSA) is 82.5 Å². The van der Waals surface area contributed by atoms with Crippen molar-refractivity contribution in [2.75, 3.05) is 7.05 Å². The smallest absolute Gasteiger partial charge is 0.269 e. The van der Waals surface area contributed by atoms with Crippen LogP contribution in [0.4, 0.5) is 5.69 Å². The van der Waals surface area contributed by atoms with Crippen LogP contribution in [-0.2, 0) is 11.2 Å². The Bertz CT molecular complexity index is 1150. The molecule has 2 aliphatic heterocycles. The van der Waals surface area contributed by atoms with Crippen LogP contribution in [0, 0.1) is 10.1 Å². The van der Waals surface area contributed by atoms with Crippen molar-refractivity contribution in [3.63, 3.8) is 0 Å². The highest BCUT2D eigenvalue weighted by Crippen LogP contribution is 2.43. The molecule has 0 bridgehead atoms. The Kier molecular flexibility index (Phi) is 3.54. The first kappa shape index (κ1) is 16.9. The lowest BCUT2D eigenvalue weighted by Crippen LogP contribution is -2.44. The number of fused-ring (bicyclic) bond motifs is 4. The lowest BCUT2D eigenvalue weighted by molar-refractivity contribution is -0.384. The van der Waals surface area contributed by atoms with Gasteiger partial charge in [0.1, 0.15) is 6.04 Å². The highest BCUT2D eigenvalue weighted by Gasteiger charge is 2.49. The number of hydrogen-bond acceptors (Lipinski definition) is 4. The maximum absolute atomic E-state index is 12.8. The van der Waals surface area contributed by atoms with Crippen molar-refractivity contribution >= 4 is 39.8 Å². The largest absolute Gasteiger partial charge is 0.356 e. The van der Waals surface area contributed by atoms with Gasteiger partial charge in [-0.25, -0.2) is 0 Å². The molecule has 8 heteroatoms. The highest BCUT2D eigenvalue weighted by atomic mass is 32.1. The molecule has 1 N–H and O–H groups in total. The summed E-state index contributed by atoms with van der Waals surface area (Å²) < 4.78 is 0. The molecule has 2 atom stereocenters. The molecule has 1 aromatic heterocycles. The Morgan fingerprint density at radius 1 is 1.18 bits per heavy atom. The molecule has 1 amide bonds. The summed E-state index contributed by atoms with van der Waals surface area (Å²) >= 11 is 5.58. The van der Waals surface area contributed by atoms with Gasteiger partial charge in [0.05, 0.1) is 11.0 Å². The number of carbonyl (C=O) groups is 1. The number of nitro groups is 1. The number of aromatic amines is 1. The first-order valence-electron chi connectivity index (χ1n) is 8.91. The third-order valence-corrected chi connectivity index (χ3v) is 6.16. The summed E-state index contributed by atoms with van der Waals surface area (Å²) in [6, 6.07) is 13.8. The summed E-state index contributed by atoms with van der Waals surface area (Å²) in [6.45, 7) is 0. The van der Waals surface area contributed by atoms with Crippen molar-refractivity contribution in [2.24, 2.45) is 0 Å². The molecule has 0 unspecified atom stereocenters. The van der Waals surface area contributed by atoms with E-state index in [4.69, 9.17) is 12.2 Å². The fourth-order valence-electron chi connectivity index (χ4n) is 4.33. The van der Waals surface area contributed by atoms with E-state index in [-0.39, 0.29) is 23.7 Å². The zero-order valence-electron chi connectivity index (χ0n) is 15.0. The monoisotopic (exact) mass is 392 g/mol. The molecule has 0 spiro atoms. The number of H-pyrrole nitrogens is 1. The Hall–Kier alpha value is -3.26. The molecule has 1 fully saturated rings. The molecule has 140 valence electrons. The Morgan fingerprint density at radius 3 is 2.61 bits per heavy atom. The van der Waals surface area contributed by atoms with E-state index in [2.05, 4.69) is 11.1 Å². The van der Waals surface area contributed by atoms with E-state index in [9.17, 15) is 14.9 Å². The molecule has 5 rings (SSSR count). The van der Waals surface area contributed by atoms with Crippen LogP contribution in [0.2, 0.25) is 0 Å². The van der Waals surface area contributed by atoms with Gasteiger partial charge in [-0.15, -0.1) is 0 Å². The molecule has 28 heavy (non-hydrogen) atoms. The van der Waals surface area contributed by atoms with Crippen LogP contribution in [0.5, 0.6) is 0 Å². The summed E-state index contributed by atoms with van der Waals surface area (Å²) in [5.74, 6) is -0.0205. The number of para-hydroxylation sites is 1. The normalized spacial score (nSPS) is 21.2. The summed E-state index contributed by atoms with van der Waals surface area (Å²) in [5, 5.41) is 12.6. The van der Waals surface area contributed by atoms with E-state index in [1.165, 1.54) is 17.0 Å². The number of aromatic nitrogens is 1. The van der Waals surface area contributed by atoms with Crippen LogP contribution in [0.3, 0.4) is 0 Å². The van der Waals surface area contributed by atoms with Crippen molar-refractivity contribution in [2.45, 2.75) is 18.5 Å². The van der Waals surface area contributed by atoms with Crippen LogP contribution >= 0.6 is 12.2 Å². The first-order valence-corrected chi connectivity index (χ1v) is 9.32. The van der Waals surface area contributed by atoms with Gasteiger partial charge in [-0.1, -0.05) is 18.2 Å². The van der Waals surface area contributed by atoms with Crippen LogP contribution in [-0.4, -0.2) is 43.8 Å². The molecular weight excluding hydrogens is 376 g/mol. The van der Waals surface area contributed by atoms with Gasteiger partial charge in [0.2, 0.25) is 0 Å². The lowest BCUT2D eigenvalue weighted by atomic mass is 9.89. The van der Waals surface area contributed by atoms with E-state index < -0.39 is 4.92 Å². The van der Waals surface area contributed by atoms with E-state index in [1.807, 2.05) is 23.1 Å². The van der Waals surface area contributed by atoms with E-state index in [1.54, 1.807) is 19.2 Å². The number of benzene rings is 2. The Morgan fingerprint density at radius 2 is 1.89 bits per heavy atom. The average molecular weight is 392 g/mol. The molecule has 0 saturated carbocycles. The van der Waals surface area contributed by atoms with Gasteiger partial charge in [-0.05, 0) is 41.5 Å². The summed E-state index contributed by atoms with van der Waals surface area (Å²) in [7, 11) is 1.70. The maximum Gasteiger partial charge on any atom is 0.269 e. The number of hydrogen-bond donors (Lipinski definition) is 1. The molecule has 3 aromatic rings. The number of rotatable bonds is 2. The van der Waals surface area contributed by atoms with Crippen molar-refractivity contribution in [1.29, 1.82) is 0 Å². The quantitative estimate of drug-likeness (QED) is 0.412. The van der Waals surface area contributed by atoms with Crippen LogP contribution in [0.1, 0.15) is 22.9 Å². The number of nitrogens with one attached hydrogen (secondary N) is 1. The van der Waals surface area contributed by atoms with Gasteiger partial charge in [0, 0.05) is 42.2 Å². The minimum Gasteiger partial charge on any atom is -0.356 e. The number of nitro benzene ring substituents is 1. The second kappa shape index (κ2) is 5.87. The zero-order valence-corrected chi connectivity index (χ0v) is 15.8. The third kappa shape index (κ3) is 2.21. The fourth-order valence-corrected chi connectivity index (χ4v) is 4.65. The van der Waals surface area contributed by atoms with Gasteiger partial charge < -0.3 is 9.88 Å². The number of non-ortho nitro benzene ring substituents is 1. The first-order chi connectivity index (χ1) is 13.5. The van der Waals surface area contributed by atoms with Crippen molar-refractivity contribution in [1.82, 2.24) is 14.8 Å². The summed E-state index contributed by atoms with van der Waals surface area (Å²) in [5.41, 5.74) is 3.98. The van der Waals surface area contributed by atoms with Crippen LogP contribution in [0.25, 0.3) is 10.9 Å². The third-order valence-electron chi connectivity index (χ3n) is 5.67. The molecule has 2 aromatic carbocycles. The summed E-state index contributed by atoms with van der Waals surface area (Å²) in [6.07, 6.45) is 0.576. The SMILES string of the molecule is CN1C(=O)[C@@H]2Cc3c([nH]c4ccccc34)[C@H](c3ccc([N+](=O)[O-])cc3)N2C1=S. The minimum atomic E-state index is -0.417. The van der Waals surface area contributed by atoms with Gasteiger partial charge in [0.25, 0.3) is 11.6 Å². The maximum atomic E-state index is 12.8. The fraction of sp³-hybridized carbons (Fsp3) is 0.200. The minimum absolute atomic E-state index is 0.0205. The second-order valence-electron chi connectivity index (χ2n) is 7.12. The van der Waals surface area contributed by atoms with E-state index in [0.29, 0.717) is 11.5 Å². The predicted molar refractivity (Wildman–Crippen MR) is 108 cm³/mol. The number of amides is 1. The number of carbonyl (C=O) groups excluding carboxylic acids is 1. The molecular formula is C20H16N4O3S. The standard InChI is InChI=1S/C20H16N4O3S/c1-22-19(25)16-10-14-13-4-2-3-5-15(13)21-17(14)18(23(16)20(22)28)11-6-8-12(9-7-11)24(26)27/h2-9,16,18,21H,10H2,1H3/t16-,18-/m0/s1. The molecule has 7 nitrogen and oxygen atoms in total. The Labute approximate surface area is 165 Å². The highest BCUT2D eigenvalue weighted by molar-refractivity contribution is 7.80. The molecule has 0 aliphatic carbocycles. The van der Waals surface area contributed by atoms with Gasteiger partial charge in [-0.3, -0.25) is 19.8 Å². The zero-order chi connectivity index (χ0) is 19.6. The van der Waals surface area contributed by atoms with Crippen LogP contribution in [0.15, 0.2) is 48.5 Å². The molecule has 0 radical (unpaired) electrons. The van der Waals surface area contributed by atoms with Gasteiger partial charge >= 0.3 is 0 Å². The van der Waals surface area contributed by atoms with Crippen molar-refractivity contribution in [3.8, 4) is 0 Å². The summed E-state index contributed by atoms with van der Waals surface area (Å²) in [4.78, 5) is 30.4. The van der Waals surface area contributed by atoms with Gasteiger partial charge in [0.15, 0.2) is 5.11 Å².